The maximum Gasteiger partial charge on any atom is 0.360 e. The van der Waals surface area contributed by atoms with Crippen LogP contribution in [-0.2, 0) is 4.74 Å². The molecular weight excluding hydrogens is 476 g/mol. The third-order valence-corrected chi connectivity index (χ3v) is 5.64. The summed E-state index contributed by atoms with van der Waals surface area (Å²) >= 11 is 12.2. The van der Waals surface area contributed by atoms with Crippen molar-refractivity contribution in [3.05, 3.63) is 81.2 Å². The zero-order chi connectivity index (χ0) is 23.7. The van der Waals surface area contributed by atoms with Gasteiger partial charge in [0.25, 0.3) is 6.29 Å². The smallest absolute Gasteiger partial charge is 0.360 e. The number of rotatable bonds is 8. The topological polar surface area (TPSA) is 107 Å². The number of methoxy groups -OCH3 is 1. The zero-order valence-electron chi connectivity index (χ0n) is 17.2. The van der Waals surface area contributed by atoms with Gasteiger partial charge < -0.3 is 14.7 Å². The Morgan fingerprint density at radius 3 is 2.82 bits per heavy atom. The van der Waals surface area contributed by atoms with Crippen molar-refractivity contribution < 1.29 is 19.1 Å². The van der Waals surface area contributed by atoms with E-state index in [9.17, 15) is 14.3 Å². The molecule has 0 saturated heterocycles. The number of hydrogen-bond acceptors (Lipinski definition) is 6. The molecule has 3 heterocycles. The van der Waals surface area contributed by atoms with Crippen LogP contribution in [0.4, 0.5) is 4.39 Å². The van der Waals surface area contributed by atoms with Crippen molar-refractivity contribution in [3.8, 4) is 11.3 Å². The van der Waals surface area contributed by atoms with E-state index in [2.05, 4.69) is 21.6 Å². The van der Waals surface area contributed by atoms with Crippen molar-refractivity contribution in [2.75, 3.05) is 13.7 Å². The number of H-pyrrole nitrogens is 1. The van der Waals surface area contributed by atoms with Gasteiger partial charge in [-0.1, -0.05) is 29.3 Å². The molecular formula is C21H18Cl2FN5O4. The minimum absolute atomic E-state index is 0.0414. The number of pyridine rings is 1. The lowest BCUT2D eigenvalue weighted by molar-refractivity contribution is -0.130. The number of aliphatic hydroxyl groups is 1. The lowest BCUT2D eigenvalue weighted by atomic mass is 10.2. The highest BCUT2D eigenvalue weighted by molar-refractivity contribution is 6.36. The van der Waals surface area contributed by atoms with Crippen LogP contribution in [-0.4, -0.2) is 43.3 Å². The van der Waals surface area contributed by atoms with Crippen LogP contribution in [0.1, 0.15) is 17.9 Å². The van der Waals surface area contributed by atoms with E-state index >= 15 is 0 Å². The normalized spacial score (nSPS) is 13.2. The van der Waals surface area contributed by atoms with Gasteiger partial charge in [-0.05, 0) is 24.3 Å². The SMILES string of the molecule is C=CC(CO)n1cc(-c2ccc3c(n2)[nH]c(=O)n3OC(OC)c2c(Cl)ccc(F)c2Cl)cn1. The van der Waals surface area contributed by atoms with Gasteiger partial charge >= 0.3 is 5.69 Å². The number of halogens is 3. The second-order valence-corrected chi connectivity index (χ2v) is 7.70. The standard InChI is InChI=1S/C21H18Cl2FN5O4/c1-3-12(10-30)28-9-11(8-25-28)15-6-7-16-19(26-15)27-21(31)29(16)33-20(32-2)17-13(22)4-5-14(24)18(17)23/h3-9,12,20,30H,1,10H2,2H3,(H,26,27,31). The number of benzene rings is 1. The summed E-state index contributed by atoms with van der Waals surface area (Å²) < 4.78 is 21.7. The Bertz CT molecular complexity index is 1380. The Balaban J connectivity index is 1.70. The van der Waals surface area contributed by atoms with E-state index in [1.165, 1.54) is 13.2 Å². The molecule has 0 fully saturated rings. The molecule has 0 amide bonds. The van der Waals surface area contributed by atoms with Gasteiger partial charge in [0.05, 0.1) is 40.1 Å². The van der Waals surface area contributed by atoms with Gasteiger partial charge in [0, 0.05) is 18.9 Å². The Hall–Kier alpha value is -3.18. The predicted octanol–water partition coefficient (Wildman–Crippen LogP) is 3.53. The van der Waals surface area contributed by atoms with Crippen molar-refractivity contribution >= 4 is 34.4 Å². The van der Waals surface area contributed by atoms with Crippen LogP contribution in [0.3, 0.4) is 0 Å². The Morgan fingerprint density at radius 1 is 1.33 bits per heavy atom. The average molecular weight is 494 g/mol. The fourth-order valence-electron chi connectivity index (χ4n) is 3.22. The molecule has 2 unspecified atom stereocenters. The molecule has 0 spiro atoms. The second kappa shape index (κ2) is 9.36. The summed E-state index contributed by atoms with van der Waals surface area (Å²) in [4.78, 5) is 25.3. The molecule has 2 N–H and O–H groups in total. The van der Waals surface area contributed by atoms with E-state index in [0.29, 0.717) is 16.8 Å². The number of nitrogens with zero attached hydrogens (tertiary/aromatic N) is 4. The van der Waals surface area contributed by atoms with Gasteiger partial charge in [-0.25, -0.2) is 14.2 Å². The summed E-state index contributed by atoms with van der Waals surface area (Å²) in [6, 6.07) is 5.34. The molecule has 0 aliphatic carbocycles. The number of fused-ring (bicyclic) bond motifs is 1. The monoisotopic (exact) mass is 493 g/mol. The van der Waals surface area contributed by atoms with Gasteiger partial charge in [-0.15, -0.1) is 11.3 Å². The van der Waals surface area contributed by atoms with Gasteiger partial charge in [-0.3, -0.25) is 9.67 Å². The molecule has 0 bridgehead atoms. The molecule has 12 heteroatoms. The fraction of sp³-hybridized carbons (Fsp3) is 0.190. The molecule has 3 aromatic heterocycles. The predicted molar refractivity (Wildman–Crippen MR) is 121 cm³/mol. The molecule has 4 aromatic rings. The van der Waals surface area contributed by atoms with Crippen LogP contribution in [0.15, 0.2) is 54.1 Å². The van der Waals surface area contributed by atoms with E-state index < -0.39 is 17.8 Å². The Morgan fingerprint density at radius 2 is 2.12 bits per heavy atom. The zero-order valence-corrected chi connectivity index (χ0v) is 18.7. The van der Waals surface area contributed by atoms with Gasteiger partial charge in [-0.2, -0.15) is 5.10 Å². The number of imidazole rings is 1. The van der Waals surface area contributed by atoms with Gasteiger partial charge in [0.1, 0.15) is 11.3 Å². The van der Waals surface area contributed by atoms with Crippen molar-refractivity contribution in [2.24, 2.45) is 0 Å². The number of aromatic amines is 1. The van der Waals surface area contributed by atoms with Crippen molar-refractivity contribution in [2.45, 2.75) is 12.3 Å². The first-order valence-electron chi connectivity index (χ1n) is 9.61. The van der Waals surface area contributed by atoms with Crippen LogP contribution in [0, 0.1) is 5.82 Å². The lowest BCUT2D eigenvalue weighted by Crippen LogP contribution is -2.29. The summed E-state index contributed by atoms with van der Waals surface area (Å²) in [6.45, 7) is 3.52. The molecule has 0 aliphatic rings. The average Bonchev–Trinajstić information content (AvgIpc) is 3.41. The van der Waals surface area contributed by atoms with E-state index in [1.807, 2.05) is 0 Å². The summed E-state index contributed by atoms with van der Waals surface area (Å²) in [7, 11) is 1.30. The van der Waals surface area contributed by atoms with E-state index in [0.717, 1.165) is 10.8 Å². The number of nitrogens with one attached hydrogen (secondary N) is 1. The molecule has 172 valence electrons. The first-order chi connectivity index (χ1) is 15.9. The van der Waals surface area contributed by atoms with Crippen LogP contribution >= 0.6 is 23.2 Å². The van der Waals surface area contributed by atoms with E-state index in [-0.39, 0.29) is 33.9 Å². The van der Waals surface area contributed by atoms with Crippen molar-refractivity contribution in [1.82, 2.24) is 24.5 Å². The molecule has 0 aliphatic heterocycles. The van der Waals surface area contributed by atoms with Gasteiger partial charge in [0.15, 0.2) is 5.65 Å². The largest absolute Gasteiger partial charge is 0.394 e. The van der Waals surface area contributed by atoms with Gasteiger partial charge in [0.2, 0.25) is 0 Å². The highest BCUT2D eigenvalue weighted by atomic mass is 35.5. The molecule has 1 aromatic carbocycles. The Kier molecular flexibility index (Phi) is 6.52. The van der Waals surface area contributed by atoms with Crippen molar-refractivity contribution in [3.63, 3.8) is 0 Å². The highest BCUT2D eigenvalue weighted by Crippen LogP contribution is 2.33. The number of aromatic nitrogens is 5. The first kappa shape index (κ1) is 23.0. The lowest BCUT2D eigenvalue weighted by Gasteiger charge is -2.19. The van der Waals surface area contributed by atoms with E-state index in [4.69, 9.17) is 32.8 Å². The second-order valence-electron chi connectivity index (χ2n) is 6.91. The number of hydrogen-bond donors (Lipinski definition) is 2. The highest BCUT2D eigenvalue weighted by Gasteiger charge is 2.24. The fourth-order valence-corrected chi connectivity index (χ4v) is 3.77. The molecule has 0 radical (unpaired) electrons. The minimum atomic E-state index is -1.27. The molecule has 0 saturated carbocycles. The quantitative estimate of drug-likeness (QED) is 0.221. The molecule has 4 rings (SSSR count). The first-order valence-corrected chi connectivity index (χ1v) is 10.4. The third-order valence-electron chi connectivity index (χ3n) is 4.93. The summed E-state index contributed by atoms with van der Waals surface area (Å²) in [6.07, 6.45) is 3.59. The maximum absolute atomic E-state index is 14.0. The third kappa shape index (κ3) is 4.25. The molecule has 2 atom stereocenters. The van der Waals surface area contributed by atoms with E-state index in [1.54, 1.807) is 35.3 Å². The maximum atomic E-state index is 14.0. The van der Waals surface area contributed by atoms with Crippen LogP contribution in [0.2, 0.25) is 10.0 Å². The molecule has 33 heavy (non-hydrogen) atoms. The minimum Gasteiger partial charge on any atom is -0.394 e. The Labute approximate surface area is 196 Å². The van der Waals surface area contributed by atoms with Crippen LogP contribution < -0.4 is 10.5 Å². The number of ether oxygens (including phenoxy) is 1. The van der Waals surface area contributed by atoms with Crippen LogP contribution in [0.5, 0.6) is 0 Å². The van der Waals surface area contributed by atoms with Crippen LogP contribution in [0.25, 0.3) is 22.4 Å². The van der Waals surface area contributed by atoms with Crippen molar-refractivity contribution in [1.29, 1.82) is 0 Å². The summed E-state index contributed by atoms with van der Waals surface area (Å²) in [5.74, 6) is -0.709. The molecule has 9 nitrogen and oxygen atoms in total. The number of aliphatic hydroxyl groups excluding tert-OH is 1. The summed E-state index contributed by atoms with van der Waals surface area (Å²) in [5.41, 5.74) is 1.14. The summed E-state index contributed by atoms with van der Waals surface area (Å²) in [5, 5.41) is 13.5.